The number of benzene rings is 1. The Bertz CT molecular complexity index is 1240. The van der Waals surface area contributed by atoms with Gasteiger partial charge in [-0.1, -0.05) is 0 Å². The summed E-state index contributed by atoms with van der Waals surface area (Å²) in [5, 5.41) is 15.2. The van der Waals surface area contributed by atoms with Crippen LogP contribution in [-0.4, -0.2) is 69.5 Å². The number of amides is 2. The third-order valence-corrected chi connectivity index (χ3v) is 6.22. The van der Waals surface area contributed by atoms with Crippen molar-refractivity contribution in [2.24, 2.45) is 0 Å². The van der Waals surface area contributed by atoms with Crippen molar-refractivity contribution in [3.63, 3.8) is 0 Å². The van der Waals surface area contributed by atoms with Crippen molar-refractivity contribution in [3.05, 3.63) is 48.3 Å². The number of tetrazole rings is 1. The first-order chi connectivity index (χ1) is 17.4. The van der Waals surface area contributed by atoms with Crippen LogP contribution in [0.25, 0.3) is 11.4 Å². The number of anilines is 2. The third kappa shape index (κ3) is 4.81. The first kappa shape index (κ1) is 23.6. The smallest absolute Gasteiger partial charge is 0.414 e. The minimum absolute atomic E-state index is 0.0514. The Hall–Kier alpha value is -4.16. The Morgan fingerprint density at radius 1 is 1.22 bits per heavy atom. The number of hydrogen-bond donors (Lipinski definition) is 1. The Morgan fingerprint density at radius 2 is 1.97 bits per heavy atom. The van der Waals surface area contributed by atoms with E-state index >= 15 is 8.78 Å². The van der Waals surface area contributed by atoms with Gasteiger partial charge in [0.05, 0.1) is 24.8 Å². The summed E-state index contributed by atoms with van der Waals surface area (Å²) < 4.78 is 35.3. The van der Waals surface area contributed by atoms with Gasteiger partial charge in [0.2, 0.25) is 11.7 Å². The molecule has 0 unspecified atom stereocenters. The molecule has 1 atom stereocenters. The lowest BCUT2D eigenvalue weighted by molar-refractivity contribution is -0.119. The Balaban J connectivity index is 1.24. The number of rotatable bonds is 6. The number of halogens is 2. The van der Waals surface area contributed by atoms with Crippen LogP contribution in [0.15, 0.2) is 36.7 Å². The molecule has 0 radical (unpaired) electrons. The number of nitrogens with one attached hydrogen (secondary N) is 1. The van der Waals surface area contributed by atoms with Gasteiger partial charge >= 0.3 is 6.09 Å². The molecule has 1 N–H and O–H groups in total. The summed E-state index contributed by atoms with van der Waals surface area (Å²) in [7, 11) is 0. The maximum Gasteiger partial charge on any atom is 0.414 e. The summed E-state index contributed by atoms with van der Waals surface area (Å²) in [6, 6.07) is 5.85. The first-order valence-electron chi connectivity index (χ1n) is 11.6. The number of pyridine rings is 1. The van der Waals surface area contributed by atoms with Gasteiger partial charge in [-0.2, -0.15) is 4.80 Å². The van der Waals surface area contributed by atoms with Gasteiger partial charge < -0.3 is 15.0 Å². The molecule has 11 nitrogen and oxygen atoms in total. The molecule has 2 aliphatic rings. The maximum absolute atomic E-state index is 15.1. The van der Waals surface area contributed by atoms with Crippen LogP contribution in [0.4, 0.5) is 25.0 Å². The van der Waals surface area contributed by atoms with Crippen LogP contribution in [0.5, 0.6) is 0 Å². The fourth-order valence-electron chi connectivity index (χ4n) is 4.42. The van der Waals surface area contributed by atoms with Crippen molar-refractivity contribution in [1.82, 2.24) is 30.5 Å². The van der Waals surface area contributed by atoms with E-state index in [2.05, 4.69) is 25.7 Å². The zero-order valence-corrected chi connectivity index (χ0v) is 19.5. The number of hydrogen-bond acceptors (Lipinski definition) is 8. The molecule has 36 heavy (non-hydrogen) atoms. The second-order valence-electron chi connectivity index (χ2n) is 8.70. The number of carbonyl (C=O) groups is 2. The van der Waals surface area contributed by atoms with Gasteiger partial charge in [-0.05, 0) is 30.2 Å². The van der Waals surface area contributed by atoms with Crippen LogP contribution in [0.3, 0.4) is 0 Å². The van der Waals surface area contributed by atoms with Crippen LogP contribution < -0.4 is 15.1 Å². The van der Waals surface area contributed by atoms with Crippen molar-refractivity contribution in [2.75, 3.05) is 36.0 Å². The van der Waals surface area contributed by atoms with E-state index in [-0.39, 0.29) is 36.4 Å². The molecule has 2 amide bonds. The van der Waals surface area contributed by atoms with E-state index in [9.17, 15) is 9.59 Å². The maximum atomic E-state index is 15.1. The molecule has 4 heterocycles. The zero-order valence-electron chi connectivity index (χ0n) is 19.5. The van der Waals surface area contributed by atoms with Crippen LogP contribution in [0.2, 0.25) is 0 Å². The average Bonchev–Trinajstić information content (AvgIpc) is 3.50. The second-order valence-corrected chi connectivity index (χ2v) is 8.70. The van der Waals surface area contributed by atoms with Crippen molar-refractivity contribution >= 4 is 23.4 Å². The molecule has 0 bridgehead atoms. The van der Waals surface area contributed by atoms with E-state index in [4.69, 9.17) is 4.74 Å². The SMILES string of the molecule is CC(=O)NC[C@H]1CN(c2cc(F)c(N3CCC(n4nnc(-c5cccnc5)n4)CC3)c(F)c2)C(=O)O1. The molecule has 2 saturated heterocycles. The first-order valence-corrected chi connectivity index (χ1v) is 11.6. The van der Waals surface area contributed by atoms with E-state index in [0.29, 0.717) is 31.8 Å². The number of piperidine rings is 1. The highest BCUT2D eigenvalue weighted by Crippen LogP contribution is 2.34. The third-order valence-electron chi connectivity index (χ3n) is 6.22. The molecule has 2 aliphatic heterocycles. The Labute approximate surface area is 205 Å². The molecule has 188 valence electrons. The number of aromatic nitrogens is 5. The van der Waals surface area contributed by atoms with Gasteiger partial charge in [0.25, 0.3) is 0 Å². The monoisotopic (exact) mass is 498 g/mol. The lowest BCUT2D eigenvalue weighted by Crippen LogP contribution is -2.36. The highest BCUT2D eigenvalue weighted by molar-refractivity contribution is 5.90. The molecule has 0 spiro atoms. The van der Waals surface area contributed by atoms with Crippen LogP contribution in [-0.2, 0) is 9.53 Å². The highest BCUT2D eigenvalue weighted by atomic mass is 19.1. The van der Waals surface area contributed by atoms with Gasteiger partial charge in [-0.15, -0.1) is 10.2 Å². The van der Waals surface area contributed by atoms with Gasteiger partial charge in [0.1, 0.15) is 11.8 Å². The fraction of sp³-hybridized carbons (Fsp3) is 0.391. The number of ether oxygens (including phenoxy) is 1. The van der Waals surface area contributed by atoms with E-state index < -0.39 is 23.8 Å². The van der Waals surface area contributed by atoms with Gasteiger partial charge in [0.15, 0.2) is 11.6 Å². The predicted molar refractivity (Wildman–Crippen MR) is 124 cm³/mol. The quantitative estimate of drug-likeness (QED) is 0.550. The molecule has 13 heteroatoms. The van der Waals surface area contributed by atoms with Gasteiger partial charge in [-0.3, -0.25) is 14.7 Å². The van der Waals surface area contributed by atoms with Crippen LogP contribution in [0.1, 0.15) is 25.8 Å². The zero-order chi connectivity index (χ0) is 25.2. The summed E-state index contributed by atoms with van der Waals surface area (Å²) in [6.45, 7) is 2.34. The molecular formula is C23H24F2N8O3. The minimum atomic E-state index is -0.765. The van der Waals surface area contributed by atoms with E-state index in [1.54, 1.807) is 28.2 Å². The summed E-state index contributed by atoms with van der Waals surface area (Å²) >= 11 is 0. The Kier molecular flexibility index (Phi) is 6.44. The summed E-state index contributed by atoms with van der Waals surface area (Å²) in [6.07, 6.45) is 3.15. The predicted octanol–water partition coefficient (Wildman–Crippen LogP) is 2.32. The van der Waals surface area contributed by atoms with Crippen LogP contribution in [0, 0.1) is 11.6 Å². The lowest BCUT2D eigenvalue weighted by atomic mass is 10.0. The Morgan fingerprint density at radius 3 is 2.64 bits per heavy atom. The normalized spacial score (nSPS) is 18.4. The van der Waals surface area contributed by atoms with Crippen LogP contribution >= 0.6 is 0 Å². The van der Waals surface area contributed by atoms with Crippen molar-refractivity contribution in [1.29, 1.82) is 0 Å². The largest absolute Gasteiger partial charge is 0.442 e. The average molecular weight is 498 g/mol. The molecule has 5 rings (SSSR count). The van der Waals surface area contributed by atoms with Crippen molar-refractivity contribution in [3.8, 4) is 11.4 Å². The number of cyclic esters (lactones) is 1. The van der Waals surface area contributed by atoms with E-state index in [0.717, 1.165) is 22.6 Å². The molecular weight excluding hydrogens is 474 g/mol. The summed E-state index contributed by atoms with van der Waals surface area (Å²) in [4.78, 5) is 31.7. The topological polar surface area (TPSA) is 118 Å². The summed E-state index contributed by atoms with van der Waals surface area (Å²) in [5.74, 6) is -1.32. The van der Waals surface area contributed by atoms with Crippen molar-refractivity contribution < 1.29 is 23.1 Å². The minimum Gasteiger partial charge on any atom is -0.442 e. The lowest BCUT2D eigenvalue weighted by Gasteiger charge is -2.33. The molecule has 2 fully saturated rings. The molecule has 2 aromatic heterocycles. The van der Waals surface area contributed by atoms with Crippen molar-refractivity contribution in [2.45, 2.75) is 31.9 Å². The van der Waals surface area contributed by atoms with E-state index in [1.807, 2.05) is 6.07 Å². The van der Waals surface area contributed by atoms with Gasteiger partial charge in [-0.25, -0.2) is 13.6 Å². The molecule has 0 aliphatic carbocycles. The standard InChI is InChI=1S/C23H24F2N8O3/c1-14(34)27-12-18-13-32(23(35)36-18)17-9-19(24)21(20(25)10-17)31-7-4-16(5-8-31)33-29-22(28-30-33)15-3-2-6-26-11-15/h2-3,6,9-11,16,18H,4-5,7-8,12-13H2,1H3,(H,27,34)/t18-/m0/s1. The summed E-state index contributed by atoms with van der Waals surface area (Å²) in [5.41, 5.74) is 0.685. The second kappa shape index (κ2) is 9.84. The molecule has 1 aromatic carbocycles. The molecule has 0 saturated carbocycles. The number of carbonyl (C=O) groups excluding carboxylic acids is 2. The molecule has 3 aromatic rings. The van der Waals surface area contributed by atoms with Gasteiger partial charge in [0, 0.05) is 50.1 Å². The fourth-order valence-corrected chi connectivity index (χ4v) is 4.42. The number of nitrogens with zero attached hydrogens (tertiary/aromatic N) is 7. The highest BCUT2D eigenvalue weighted by Gasteiger charge is 2.34. The van der Waals surface area contributed by atoms with E-state index in [1.165, 1.54) is 6.92 Å².